The van der Waals surface area contributed by atoms with E-state index < -0.39 is 0 Å². The maximum atomic E-state index is 5.58. The first-order valence-corrected chi connectivity index (χ1v) is 16.9. The lowest BCUT2D eigenvalue weighted by molar-refractivity contribution is 1.18. The van der Waals surface area contributed by atoms with E-state index in [4.69, 9.17) is 15.0 Å². The number of benzene rings is 8. The quantitative estimate of drug-likeness (QED) is 0.143. The number of aromatic nitrogens is 3. The summed E-state index contributed by atoms with van der Waals surface area (Å²) in [6.07, 6.45) is 0. The lowest BCUT2D eigenvalue weighted by atomic mass is 9.91. The molecule has 0 saturated carbocycles. The average Bonchev–Trinajstić information content (AvgIpc) is 3.20. The predicted molar refractivity (Wildman–Crippen MR) is 209 cm³/mol. The maximum Gasteiger partial charge on any atom is 0.160 e. The molecule has 0 spiro atoms. The van der Waals surface area contributed by atoms with Crippen LogP contribution in [0.1, 0.15) is 0 Å². The van der Waals surface area contributed by atoms with Crippen LogP contribution in [0, 0.1) is 0 Å². The van der Waals surface area contributed by atoms with E-state index in [9.17, 15) is 0 Å². The maximum absolute atomic E-state index is 5.58. The second-order valence-corrected chi connectivity index (χ2v) is 12.8. The Hall–Kier alpha value is -6.71. The highest BCUT2D eigenvalue weighted by Gasteiger charge is 2.18. The second-order valence-electron chi connectivity index (χ2n) is 12.8. The molecule has 0 aliphatic heterocycles. The first-order valence-electron chi connectivity index (χ1n) is 16.9. The highest BCUT2D eigenvalue weighted by atomic mass is 14.9. The van der Waals surface area contributed by atoms with E-state index in [1.54, 1.807) is 0 Å². The van der Waals surface area contributed by atoms with Gasteiger partial charge in [-0.25, -0.2) is 15.0 Å². The molecule has 10 aromatic rings. The summed E-state index contributed by atoms with van der Waals surface area (Å²) in [5.41, 5.74) is 7.81. The van der Waals surface area contributed by atoms with Crippen molar-refractivity contribution in [2.45, 2.75) is 0 Å². The van der Waals surface area contributed by atoms with Crippen LogP contribution in [-0.2, 0) is 0 Å². The van der Waals surface area contributed by atoms with Gasteiger partial charge in [0.25, 0.3) is 0 Å². The van der Waals surface area contributed by atoms with Crippen LogP contribution in [0.15, 0.2) is 176 Å². The molecule has 2 heterocycles. The van der Waals surface area contributed by atoms with Crippen LogP contribution in [0.2, 0.25) is 0 Å². The molecule has 3 heteroatoms. The summed E-state index contributed by atoms with van der Waals surface area (Å²) >= 11 is 0. The third kappa shape index (κ3) is 4.63. The van der Waals surface area contributed by atoms with Gasteiger partial charge in [0.15, 0.2) is 5.82 Å². The number of fused-ring (bicyclic) bond motifs is 9. The minimum atomic E-state index is 0.680. The summed E-state index contributed by atoms with van der Waals surface area (Å²) in [7, 11) is 0. The van der Waals surface area contributed by atoms with Gasteiger partial charge in [-0.2, -0.15) is 0 Å². The van der Waals surface area contributed by atoms with E-state index in [-0.39, 0.29) is 0 Å². The molecule has 232 valence electrons. The summed E-state index contributed by atoms with van der Waals surface area (Å²) in [4.78, 5) is 15.8. The van der Waals surface area contributed by atoms with Crippen molar-refractivity contribution in [1.82, 2.24) is 15.0 Å². The Kier molecular flexibility index (Phi) is 6.49. The van der Waals surface area contributed by atoms with Gasteiger partial charge in [-0.1, -0.05) is 152 Å². The summed E-state index contributed by atoms with van der Waals surface area (Å²) in [5.74, 6) is 0.680. The highest BCUT2D eigenvalue weighted by molar-refractivity contribution is 6.32. The Balaban J connectivity index is 1.26. The molecule has 0 saturated heterocycles. The number of rotatable bonds is 4. The van der Waals surface area contributed by atoms with E-state index in [2.05, 4.69) is 140 Å². The summed E-state index contributed by atoms with van der Waals surface area (Å²) in [6.45, 7) is 0. The van der Waals surface area contributed by atoms with Crippen LogP contribution in [0.3, 0.4) is 0 Å². The van der Waals surface area contributed by atoms with Gasteiger partial charge < -0.3 is 0 Å². The molecule has 0 amide bonds. The van der Waals surface area contributed by atoms with Crippen molar-refractivity contribution in [3.8, 4) is 45.2 Å². The zero-order valence-electron chi connectivity index (χ0n) is 27.1. The third-order valence-corrected chi connectivity index (χ3v) is 9.80. The third-order valence-electron chi connectivity index (χ3n) is 9.80. The fraction of sp³-hybridized carbons (Fsp3) is 0. The van der Waals surface area contributed by atoms with Crippen LogP contribution in [-0.4, -0.2) is 15.0 Å². The first kappa shape index (κ1) is 28.3. The summed E-state index contributed by atoms with van der Waals surface area (Å²) in [6, 6.07) is 61.9. The molecular weight excluding hydrogens is 607 g/mol. The topological polar surface area (TPSA) is 38.7 Å². The Morgan fingerprint density at radius 1 is 0.300 bits per heavy atom. The molecule has 0 aliphatic rings. The van der Waals surface area contributed by atoms with Crippen LogP contribution in [0.5, 0.6) is 0 Å². The molecule has 0 radical (unpaired) electrons. The smallest absolute Gasteiger partial charge is 0.160 e. The lowest BCUT2D eigenvalue weighted by Crippen LogP contribution is -1.97. The van der Waals surface area contributed by atoms with Gasteiger partial charge in [-0.15, -0.1) is 0 Å². The van der Waals surface area contributed by atoms with E-state index in [0.717, 1.165) is 55.6 Å². The second kappa shape index (κ2) is 11.5. The van der Waals surface area contributed by atoms with Gasteiger partial charge in [-0.05, 0) is 56.6 Å². The SMILES string of the molecule is c1ccc(-c2cc(-c3ccccc3)nc(-c3cccc(-c4nc5c6ccccc6c6ccccc6c5c5cc6ccccc6cc45)c3)n2)cc1. The minimum Gasteiger partial charge on any atom is -0.246 e. The van der Waals surface area contributed by atoms with E-state index in [1.807, 2.05) is 36.4 Å². The molecule has 10 rings (SSSR count). The lowest BCUT2D eigenvalue weighted by Gasteiger charge is -2.16. The monoisotopic (exact) mass is 635 g/mol. The fourth-order valence-electron chi connectivity index (χ4n) is 7.44. The number of hydrogen-bond donors (Lipinski definition) is 0. The summed E-state index contributed by atoms with van der Waals surface area (Å²) in [5, 5.41) is 10.7. The van der Waals surface area contributed by atoms with Crippen molar-refractivity contribution < 1.29 is 0 Å². The molecule has 0 bridgehead atoms. The molecule has 8 aromatic carbocycles. The standard InChI is InChI=1S/C47H29N3/c1-3-14-30(15-4-1)42-29-43(31-16-5-2-6-17-31)49-47(48-42)35-21-13-20-34(26-35)45-41-28-33-19-8-7-18-32(33)27-40(41)44-38-24-11-9-22-36(38)37-23-10-12-25-39(37)46(44)50-45/h1-29H. The van der Waals surface area contributed by atoms with Gasteiger partial charge in [0, 0.05) is 38.4 Å². The van der Waals surface area contributed by atoms with Crippen molar-refractivity contribution in [2.24, 2.45) is 0 Å². The van der Waals surface area contributed by atoms with Gasteiger partial charge in [0.05, 0.1) is 22.6 Å². The minimum absolute atomic E-state index is 0.680. The molecule has 2 aromatic heterocycles. The van der Waals surface area contributed by atoms with Gasteiger partial charge in [-0.3, -0.25) is 0 Å². The fourth-order valence-corrected chi connectivity index (χ4v) is 7.44. The predicted octanol–water partition coefficient (Wildman–Crippen LogP) is 12.3. The van der Waals surface area contributed by atoms with E-state index >= 15 is 0 Å². The van der Waals surface area contributed by atoms with Gasteiger partial charge in [0.2, 0.25) is 0 Å². The largest absolute Gasteiger partial charge is 0.246 e. The molecule has 0 N–H and O–H groups in total. The number of nitrogens with zero attached hydrogens (tertiary/aromatic N) is 3. The number of pyridine rings is 1. The van der Waals surface area contributed by atoms with Crippen molar-refractivity contribution in [3.63, 3.8) is 0 Å². The van der Waals surface area contributed by atoms with Crippen molar-refractivity contribution in [1.29, 1.82) is 0 Å². The van der Waals surface area contributed by atoms with E-state index in [1.165, 1.54) is 37.7 Å². The number of hydrogen-bond acceptors (Lipinski definition) is 3. The van der Waals surface area contributed by atoms with Crippen molar-refractivity contribution >= 4 is 54.0 Å². The molecule has 0 fully saturated rings. The average molecular weight is 636 g/mol. The van der Waals surface area contributed by atoms with Crippen molar-refractivity contribution in [2.75, 3.05) is 0 Å². The molecule has 3 nitrogen and oxygen atoms in total. The van der Waals surface area contributed by atoms with E-state index in [0.29, 0.717) is 5.82 Å². The highest BCUT2D eigenvalue weighted by Crippen LogP contribution is 2.42. The zero-order chi connectivity index (χ0) is 33.0. The Morgan fingerprint density at radius 3 is 1.46 bits per heavy atom. The first-order chi connectivity index (χ1) is 24.8. The van der Waals surface area contributed by atoms with Gasteiger partial charge >= 0.3 is 0 Å². The van der Waals surface area contributed by atoms with Crippen LogP contribution in [0.4, 0.5) is 0 Å². The Morgan fingerprint density at radius 2 is 0.800 bits per heavy atom. The molecule has 50 heavy (non-hydrogen) atoms. The van der Waals surface area contributed by atoms with Gasteiger partial charge in [0.1, 0.15) is 0 Å². The van der Waals surface area contributed by atoms with Crippen LogP contribution >= 0.6 is 0 Å². The molecular formula is C47H29N3. The van der Waals surface area contributed by atoms with Crippen molar-refractivity contribution in [3.05, 3.63) is 176 Å². The normalized spacial score (nSPS) is 11.6. The Labute approximate surface area is 289 Å². The van der Waals surface area contributed by atoms with Crippen LogP contribution < -0.4 is 0 Å². The molecule has 0 unspecified atom stereocenters. The zero-order valence-corrected chi connectivity index (χ0v) is 27.1. The summed E-state index contributed by atoms with van der Waals surface area (Å²) < 4.78 is 0. The molecule has 0 aliphatic carbocycles. The Bertz CT molecular complexity index is 2860. The van der Waals surface area contributed by atoms with Crippen LogP contribution in [0.25, 0.3) is 99.2 Å². The molecule has 0 atom stereocenters.